The average molecular weight is 152 g/mol. The van der Waals surface area contributed by atoms with Gasteiger partial charge in [0.15, 0.2) is 0 Å². The zero-order valence-corrected chi connectivity index (χ0v) is 7.12. The van der Waals surface area contributed by atoms with Crippen molar-refractivity contribution in [3.8, 4) is 0 Å². The molecule has 0 aromatic rings. The summed E-state index contributed by atoms with van der Waals surface area (Å²) in [6.45, 7) is 2.15. The highest BCUT2D eigenvalue weighted by atomic mass is 16.1. The van der Waals surface area contributed by atoms with Crippen molar-refractivity contribution >= 4 is 6.29 Å². The number of hydrogen-bond acceptors (Lipinski definition) is 1. The first-order valence-electron chi connectivity index (χ1n) is 4.17. The maximum atomic E-state index is 9.89. The van der Waals surface area contributed by atoms with E-state index in [1.165, 1.54) is 6.42 Å². The van der Waals surface area contributed by atoms with Crippen LogP contribution in [0.25, 0.3) is 0 Å². The fourth-order valence-electron chi connectivity index (χ4n) is 0.681. The number of hydrogen-bond donors (Lipinski definition) is 0. The van der Waals surface area contributed by atoms with E-state index in [4.69, 9.17) is 0 Å². The van der Waals surface area contributed by atoms with Crippen molar-refractivity contribution < 1.29 is 4.79 Å². The number of carbonyl (C=O) groups is 1. The number of unbranched alkanes of at least 4 members (excludes halogenated alkanes) is 2. The number of allylic oxidation sites excluding steroid dienone is 4. The van der Waals surface area contributed by atoms with Gasteiger partial charge in [-0.25, -0.2) is 0 Å². The Kier molecular flexibility index (Phi) is 8.44. The monoisotopic (exact) mass is 152 g/mol. The molecule has 62 valence electrons. The smallest absolute Gasteiger partial charge is 0.120 e. The molecule has 0 rings (SSSR count). The normalized spacial score (nSPS) is 11.4. The van der Waals surface area contributed by atoms with Gasteiger partial charge in [0.05, 0.1) is 0 Å². The first-order chi connectivity index (χ1) is 5.41. The second kappa shape index (κ2) is 9.15. The van der Waals surface area contributed by atoms with Gasteiger partial charge >= 0.3 is 0 Å². The van der Waals surface area contributed by atoms with Crippen molar-refractivity contribution in [1.82, 2.24) is 0 Å². The minimum Gasteiger partial charge on any atom is -0.303 e. The number of rotatable bonds is 6. The Balaban J connectivity index is 3.20. The Bertz CT molecular complexity index is 134. The fraction of sp³-hybridized carbons (Fsp3) is 0.500. The van der Waals surface area contributed by atoms with Crippen LogP contribution in [0, 0.1) is 0 Å². The third-order valence-corrected chi connectivity index (χ3v) is 1.29. The van der Waals surface area contributed by atoms with Crippen molar-refractivity contribution in [2.45, 2.75) is 32.6 Å². The maximum absolute atomic E-state index is 9.89. The Morgan fingerprint density at radius 2 is 1.64 bits per heavy atom. The second-order valence-electron chi connectivity index (χ2n) is 2.39. The lowest BCUT2D eigenvalue weighted by Gasteiger charge is -1.81. The summed E-state index contributed by atoms with van der Waals surface area (Å²) in [5.74, 6) is 0. The van der Waals surface area contributed by atoms with Crippen LogP contribution in [0.15, 0.2) is 24.3 Å². The number of aldehydes is 1. The van der Waals surface area contributed by atoms with E-state index in [2.05, 4.69) is 13.0 Å². The zero-order chi connectivity index (χ0) is 8.36. The lowest BCUT2D eigenvalue weighted by molar-refractivity contribution is -0.107. The van der Waals surface area contributed by atoms with Gasteiger partial charge in [-0.2, -0.15) is 0 Å². The molecule has 0 saturated carbocycles. The lowest BCUT2D eigenvalue weighted by atomic mass is 10.3. The highest BCUT2D eigenvalue weighted by molar-refractivity contribution is 5.49. The van der Waals surface area contributed by atoms with E-state index < -0.39 is 0 Å². The van der Waals surface area contributed by atoms with E-state index in [1.54, 1.807) is 0 Å². The first-order valence-corrected chi connectivity index (χ1v) is 4.17. The highest BCUT2D eigenvalue weighted by Crippen LogP contribution is 1.91. The van der Waals surface area contributed by atoms with Crippen LogP contribution in [-0.2, 0) is 4.79 Å². The van der Waals surface area contributed by atoms with Crippen molar-refractivity contribution in [2.75, 3.05) is 0 Å². The van der Waals surface area contributed by atoms with Gasteiger partial charge in [-0.1, -0.05) is 37.6 Å². The molecule has 0 spiro atoms. The summed E-state index contributed by atoms with van der Waals surface area (Å²) in [5.41, 5.74) is 0. The van der Waals surface area contributed by atoms with Gasteiger partial charge in [-0.05, 0) is 12.8 Å². The molecule has 1 heteroatoms. The summed E-state index contributed by atoms with van der Waals surface area (Å²) in [4.78, 5) is 9.89. The average Bonchev–Trinajstić information content (AvgIpc) is 2.03. The quantitative estimate of drug-likeness (QED) is 0.325. The Morgan fingerprint density at radius 1 is 1.00 bits per heavy atom. The van der Waals surface area contributed by atoms with E-state index in [0.29, 0.717) is 6.42 Å². The Hall–Kier alpha value is -0.850. The molecule has 11 heavy (non-hydrogen) atoms. The lowest BCUT2D eigenvalue weighted by Crippen LogP contribution is -1.69. The van der Waals surface area contributed by atoms with E-state index >= 15 is 0 Å². The van der Waals surface area contributed by atoms with Crippen LogP contribution in [0.1, 0.15) is 32.6 Å². The predicted molar refractivity (Wildman–Crippen MR) is 48.5 cm³/mol. The summed E-state index contributed by atoms with van der Waals surface area (Å²) in [7, 11) is 0. The van der Waals surface area contributed by atoms with Crippen LogP contribution in [0.3, 0.4) is 0 Å². The zero-order valence-electron chi connectivity index (χ0n) is 7.12. The minimum atomic E-state index is 0.637. The molecular formula is C10H16O. The molecule has 0 unspecified atom stereocenters. The molecule has 0 aliphatic carbocycles. The highest BCUT2D eigenvalue weighted by Gasteiger charge is 1.74. The summed E-state index contributed by atoms with van der Waals surface area (Å²) in [6, 6.07) is 0. The van der Waals surface area contributed by atoms with Gasteiger partial charge in [0, 0.05) is 6.42 Å². The summed E-state index contributed by atoms with van der Waals surface area (Å²) in [5, 5.41) is 0. The van der Waals surface area contributed by atoms with E-state index in [1.807, 2.05) is 18.2 Å². The third-order valence-electron chi connectivity index (χ3n) is 1.29. The molecule has 0 atom stereocenters. The maximum Gasteiger partial charge on any atom is 0.120 e. The van der Waals surface area contributed by atoms with Crippen molar-refractivity contribution in [3.05, 3.63) is 24.3 Å². The molecule has 0 aliphatic rings. The largest absolute Gasteiger partial charge is 0.303 e. The standard InChI is InChI=1S/C10H16O/c1-2-3-4-5-6-7-8-9-10-11/h4-7,10H,2-3,8-9H2,1H3/b5-4+,7-6-. The second-order valence-corrected chi connectivity index (χ2v) is 2.39. The van der Waals surface area contributed by atoms with Crippen molar-refractivity contribution in [3.63, 3.8) is 0 Å². The van der Waals surface area contributed by atoms with Crippen LogP contribution in [0.2, 0.25) is 0 Å². The topological polar surface area (TPSA) is 17.1 Å². The molecule has 0 heterocycles. The molecular weight excluding hydrogens is 136 g/mol. The summed E-state index contributed by atoms with van der Waals surface area (Å²) >= 11 is 0. The molecule has 0 fully saturated rings. The number of carbonyl (C=O) groups excluding carboxylic acids is 1. The van der Waals surface area contributed by atoms with Crippen LogP contribution < -0.4 is 0 Å². The molecule has 0 amide bonds. The fourth-order valence-corrected chi connectivity index (χ4v) is 0.681. The summed E-state index contributed by atoms with van der Waals surface area (Å²) in [6.07, 6.45) is 13.0. The molecule has 0 aromatic heterocycles. The molecule has 0 aromatic carbocycles. The summed E-state index contributed by atoms with van der Waals surface area (Å²) < 4.78 is 0. The van der Waals surface area contributed by atoms with Gasteiger partial charge in [-0.15, -0.1) is 0 Å². The van der Waals surface area contributed by atoms with Crippen LogP contribution >= 0.6 is 0 Å². The van der Waals surface area contributed by atoms with Gasteiger partial charge in [0.2, 0.25) is 0 Å². The van der Waals surface area contributed by atoms with E-state index in [9.17, 15) is 4.79 Å². The predicted octanol–water partition coefficient (Wildman–Crippen LogP) is 2.88. The molecule has 0 bridgehead atoms. The van der Waals surface area contributed by atoms with Gasteiger partial charge in [-0.3, -0.25) is 0 Å². The molecule has 1 nitrogen and oxygen atoms in total. The van der Waals surface area contributed by atoms with Crippen LogP contribution in [0.5, 0.6) is 0 Å². The van der Waals surface area contributed by atoms with Gasteiger partial charge in [0.1, 0.15) is 6.29 Å². The van der Waals surface area contributed by atoms with Crippen molar-refractivity contribution in [1.29, 1.82) is 0 Å². The minimum absolute atomic E-state index is 0.637. The molecule has 0 aliphatic heterocycles. The SMILES string of the molecule is CCC/C=C/C=C\CCC=O. The van der Waals surface area contributed by atoms with Gasteiger partial charge in [0.25, 0.3) is 0 Å². The van der Waals surface area contributed by atoms with E-state index in [0.717, 1.165) is 19.1 Å². The van der Waals surface area contributed by atoms with E-state index in [-0.39, 0.29) is 0 Å². The molecule has 0 N–H and O–H groups in total. The Labute approximate surface area is 68.8 Å². The Morgan fingerprint density at radius 3 is 2.18 bits per heavy atom. The van der Waals surface area contributed by atoms with Gasteiger partial charge < -0.3 is 4.79 Å². The van der Waals surface area contributed by atoms with Crippen LogP contribution in [0.4, 0.5) is 0 Å². The van der Waals surface area contributed by atoms with Crippen LogP contribution in [-0.4, -0.2) is 6.29 Å². The molecule has 0 saturated heterocycles. The molecule has 0 radical (unpaired) electrons. The van der Waals surface area contributed by atoms with Crippen molar-refractivity contribution in [2.24, 2.45) is 0 Å². The third kappa shape index (κ3) is 9.15. The first kappa shape index (κ1) is 10.2.